The van der Waals surface area contributed by atoms with Gasteiger partial charge in [-0.05, 0) is 12.1 Å². The minimum absolute atomic E-state index is 0.140. The topological polar surface area (TPSA) is 20.3 Å². The molecule has 80 valence electrons. The quantitative estimate of drug-likeness (QED) is 0.697. The van der Waals surface area contributed by atoms with Crippen LogP contribution in [0, 0.1) is 0 Å². The number of nitrogens with zero attached hydrogens (tertiary/aromatic N) is 1. The van der Waals surface area contributed by atoms with Crippen LogP contribution in [0.4, 0.5) is 8.78 Å². The Hall–Kier alpha value is -1.45. The predicted molar refractivity (Wildman–Crippen MR) is 51.9 cm³/mol. The van der Waals surface area contributed by atoms with Crippen molar-refractivity contribution in [3.8, 4) is 0 Å². The summed E-state index contributed by atoms with van der Waals surface area (Å²) in [7, 11) is 0. The molecule has 0 aromatic heterocycles. The van der Waals surface area contributed by atoms with Crippen molar-refractivity contribution in [2.24, 2.45) is 0 Å². The highest BCUT2D eigenvalue weighted by Gasteiger charge is 2.40. The molecule has 0 bridgehead atoms. The summed E-state index contributed by atoms with van der Waals surface area (Å²) in [6.07, 6.45) is -0.231. The van der Waals surface area contributed by atoms with Crippen molar-refractivity contribution in [1.29, 1.82) is 0 Å². The molecular weight excluding hydrogens is 200 g/mol. The Kier molecular flexibility index (Phi) is 2.42. The molecule has 2 nitrogen and oxygen atoms in total. The fraction of sp³-hybridized carbons (Fsp3) is 0.364. The summed E-state index contributed by atoms with van der Waals surface area (Å²) in [5, 5.41) is 0. The van der Waals surface area contributed by atoms with Gasteiger partial charge in [-0.2, -0.15) is 0 Å². The number of amides is 1. The molecule has 0 saturated carbocycles. The molecule has 1 aliphatic heterocycles. The summed E-state index contributed by atoms with van der Waals surface area (Å²) in [6.45, 7) is -0.318. The van der Waals surface area contributed by atoms with Crippen molar-refractivity contribution in [2.45, 2.75) is 12.3 Å². The maximum Gasteiger partial charge on any atom is 0.267 e. The standard InChI is InChI=1S/C11H11F2NO/c12-11(13)6-7-14(8-11)10(15)9-4-2-1-3-5-9/h1-5H,6-8H2. The Morgan fingerprint density at radius 1 is 1.27 bits per heavy atom. The summed E-state index contributed by atoms with van der Waals surface area (Å²) >= 11 is 0. The monoisotopic (exact) mass is 211 g/mol. The van der Waals surface area contributed by atoms with Crippen LogP contribution in [-0.2, 0) is 0 Å². The average Bonchev–Trinajstić information content (AvgIpc) is 2.59. The van der Waals surface area contributed by atoms with E-state index in [-0.39, 0.29) is 18.9 Å². The lowest BCUT2D eigenvalue weighted by molar-refractivity contribution is 0.0120. The number of hydrogen-bond donors (Lipinski definition) is 0. The highest BCUT2D eigenvalue weighted by Crippen LogP contribution is 2.27. The second-order valence-corrected chi connectivity index (χ2v) is 3.70. The van der Waals surface area contributed by atoms with Crippen LogP contribution in [0.2, 0.25) is 0 Å². The third-order valence-corrected chi connectivity index (χ3v) is 2.48. The minimum Gasteiger partial charge on any atom is -0.332 e. The molecule has 0 unspecified atom stereocenters. The zero-order chi connectivity index (χ0) is 10.9. The molecule has 0 atom stereocenters. The van der Waals surface area contributed by atoms with Crippen LogP contribution >= 0.6 is 0 Å². The molecular formula is C11H11F2NO. The number of carbonyl (C=O) groups is 1. The summed E-state index contributed by atoms with van der Waals surface area (Å²) in [6, 6.07) is 8.51. The van der Waals surface area contributed by atoms with Crippen LogP contribution in [0.3, 0.4) is 0 Å². The van der Waals surface area contributed by atoms with E-state index in [2.05, 4.69) is 0 Å². The fourth-order valence-electron chi connectivity index (χ4n) is 1.67. The van der Waals surface area contributed by atoms with Crippen LogP contribution in [0.5, 0.6) is 0 Å². The summed E-state index contributed by atoms with van der Waals surface area (Å²) < 4.78 is 25.8. The molecule has 1 aromatic rings. The van der Waals surface area contributed by atoms with Gasteiger partial charge in [0.2, 0.25) is 0 Å². The van der Waals surface area contributed by atoms with Gasteiger partial charge in [-0.3, -0.25) is 4.79 Å². The molecule has 4 heteroatoms. The van der Waals surface area contributed by atoms with E-state index in [4.69, 9.17) is 0 Å². The number of benzene rings is 1. The van der Waals surface area contributed by atoms with Gasteiger partial charge in [0.05, 0.1) is 6.54 Å². The SMILES string of the molecule is O=C(c1ccccc1)N1CCC(F)(F)C1. The normalized spacial score (nSPS) is 19.2. The predicted octanol–water partition coefficient (Wildman–Crippen LogP) is 2.17. The molecule has 1 saturated heterocycles. The van der Waals surface area contributed by atoms with E-state index < -0.39 is 12.5 Å². The van der Waals surface area contributed by atoms with Gasteiger partial charge in [0.1, 0.15) is 0 Å². The van der Waals surface area contributed by atoms with Crippen LogP contribution in [0.15, 0.2) is 30.3 Å². The van der Waals surface area contributed by atoms with E-state index in [1.165, 1.54) is 4.90 Å². The first-order valence-corrected chi connectivity index (χ1v) is 4.81. The molecule has 0 spiro atoms. The third-order valence-electron chi connectivity index (χ3n) is 2.48. The smallest absolute Gasteiger partial charge is 0.267 e. The Morgan fingerprint density at radius 2 is 1.93 bits per heavy atom. The minimum atomic E-state index is -2.72. The first-order valence-electron chi connectivity index (χ1n) is 4.81. The molecule has 1 fully saturated rings. The number of halogens is 2. The van der Waals surface area contributed by atoms with Gasteiger partial charge in [0.25, 0.3) is 11.8 Å². The molecule has 0 N–H and O–H groups in total. The van der Waals surface area contributed by atoms with Gasteiger partial charge in [-0.25, -0.2) is 8.78 Å². The molecule has 0 radical (unpaired) electrons. The zero-order valence-electron chi connectivity index (χ0n) is 8.12. The molecule has 0 aliphatic carbocycles. The van der Waals surface area contributed by atoms with Crippen LogP contribution in [0.1, 0.15) is 16.8 Å². The Labute approximate surface area is 86.5 Å². The number of likely N-dealkylation sites (tertiary alicyclic amines) is 1. The molecule has 1 aliphatic rings. The van der Waals surface area contributed by atoms with Gasteiger partial charge in [-0.15, -0.1) is 0 Å². The highest BCUT2D eigenvalue weighted by molar-refractivity contribution is 5.94. The summed E-state index contributed by atoms with van der Waals surface area (Å²) in [5.41, 5.74) is 0.468. The number of alkyl halides is 2. The second-order valence-electron chi connectivity index (χ2n) is 3.70. The van der Waals surface area contributed by atoms with Gasteiger partial charge >= 0.3 is 0 Å². The molecule has 1 amide bonds. The summed E-state index contributed by atoms with van der Waals surface area (Å²) in [5.74, 6) is -3.03. The van der Waals surface area contributed by atoms with E-state index in [1.54, 1.807) is 30.3 Å². The average molecular weight is 211 g/mol. The largest absolute Gasteiger partial charge is 0.332 e. The molecule has 1 heterocycles. The lowest BCUT2D eigenvalue weighted by Crippen LogP contribution is -2.31. The van der Waals surface area contributed by atoms with Gasteiger partial charge in [0, 0.05) is 18.5 Å². The lowest BCUT2D eigenvalue weighted by atomic mass is 10.2. The number of hydrogen-bond acceptors (Lipinski definition) is 1. The summed E-state index contributed by atoms with van der Waals surface area (Å²) in [4.78, 5) is 12.9. The molecule has 15 heavy (non-hydrogen) atoms. The van der Waals surface area contributed by atoms with Crippen molar-refractivity contribution in [3.05, 3.63) is 35.9 Å². The second kappa shape index (κ2) is 3.61. The molecule has 2 rings (SSSR count). The number of carbonyl (C=O) groups excluding carboxylic acids is 1. The zero-order valence-corrected chi connectivity index (χ0v) is 8.12. The Balaban J connectivity index is 2.11. The van der Waals surface area contributed by atoms with Crippen LogP contribution in [0.25, 0.3) is 0 Å². The van der Waals surface area contributed by atoms with Crippen molar-refractivity contribution < 1.29 is 13.6 Å². The van der Waals surface area contributed by atoms with Crippen molar-refractivity contribution in [2.75, 3.05) is 13.1 Å². The van der Waals surface area contributed by atoms with E-state index in [1.807, 2.05) is 0 Å². The van der Waals surface area contributed by atoms with E-state index in [0.29, 0.717) is 5.56 Å². The first kappa shape index (κ1) is 10.1. The maximum absolute atomic E-state index is 12.9. The van der Waals surface area contributed by atoms with Crippen molar-refractivity contribution >= 4 is 5.91 Å². The first-order chi connectivity index (χ1) is 7.08. The van der Waals surface area contributed by atoms with E-state index in [9.17, 15) is 13.6 Å². The molecule has 1 aromatic carbocycles. The highest BCUT2D eigenvalue weighted by atomic mass is 19.3. The lowest BCUT2D eigenvalue weighted by Gasteiger charge is -2.15. The van der Waals surface area contributed by atoms with Gasteiger partial charge in [-0.1, -0.05) is 18.2 Å². The fourth-order valence-corrected chi connectivity index (χ4v) is 1.67. The maximum atomic E-state index is 12.9. The Bertz CT molecular complexity index is 364. The van der Waals surface area contributed by atoms with Gasteiger partial charge in [0.15, 0.2) is 0 Å². The van der Waals surface area contributed by atoms with E-state index >= 15 is 0 Å². The van der Waals surface area contributed by atoms with Crippen molar-refractivity contribution in [3.63, 3.8) is 0 Å². The van der Waals surface area contributed by atoms with Crippen LogP contribution in [-0.4, -0.2) is 29.8 Å². The number of rotatable bonds is 1. The van der Waals surface area contributed by atoms with Crippen molar-refractivity contribution in [1.82, 2.24) is 4.90 Å². The van der Waals surface area contributed by atoms with Crippen LogP contribution < -0.4 is 0 Å². The third kappa shape index (κ3) is 2.14. The van der Waals surface area contributed by atoms with Gasteiger partial charge < -0.3 is 4.90 Å². The Morgan fingerprint density at radius 3 is 2.47 bits per heavy atom. The van der Waals surface area contributed by atoms with E-state index in [0.717, 1.165) is 0 Å².